The fourth-order valence-corrected chi connectivity index (χ4v) is 3.90. The first kappa shape index (κ1) is 22.0. The number of rotatable bonds is 7. The molecule has 162 valence electrons. The first-order valence-corrected chi connectivity index (χ1v) is 11.5. The van der Waals surface area contributed by atoms with Gasteiger partial charge in [0.25, 0.3) is 10.1 Å². The van der Waals surface area contributed by atoms with Crippen LogP contribution >= 0.6 is 0 Å². The first-order chi connectivity index (χ1) is 14.3. The Hall–Kier alpha value is -2.72. The Bertz CT molecular complexity index is 937. The van der Waals surface area contributed by atoms with E-state index in [9.17, 15) is 13.2 Å². The maximum atomic E-state index is 12.5. The van der Waals surface area contributed by atoms with Crippen molar-refractivity contribution in [3.8, 4) is 0 Å². The zero-order valence-electron chi connectivity index (χ0n) is 17.0. The lowest BCUT2D eigenvalue weighted by Crippen LogP contribution is -2.50. The molecule has 1 fully saturated rings. The summed E-state index contributed by atoms with van der Waals surface area (Å²) in [6.45, 7) is 3.14. The molecule has 9 nitrogen and oxygen atoms in total. The number of carbonyl (C=O) groups is 1. The number of nitrogens with one attached hydrogen (secondary N) is 1. The molecule has 0 bridgehead atoms. The van der Waals surface area contributed by atoms with Crippen LogP contribution in [0.5, 0.6) is 0 Å². The minimum atomic E-state index is -3.69. The molecule has 0 aliphatic carbocycles. The number of carbonyl (C=O) groups excluding carboxylic acids is 1. The van der Waals surface area contributed by atoms with Crippen LogP contribution in [0.2, 0.25) is 0 Å². The van der Waals surface area contributed by atoms with Gasteiger partial charge in [0.05, 0.1) is 18.9 Å². The number of anilines is 1. The predicted molar refractivity (Wildman–Crippen MR) is 111 cm³/mol. The molecule has 1 amide bonds. The highest BCUT2D eigenvalue weighted by molar-refractivity contribution is 7.86. The van der Waals surface area contributed by atoms with Gasteiger partial charge in [-0.25, -0.2) is 14.8 Å². The lowest BCUT2D eigenvalue weighted by molar-refractivity contribution is 0.0330. The molecule has 1 aliphatic rings. The van der Waals surface area contributed by atoms with Crippen LogP contribution in [0.25, 0.3) is 0 Å². The van der Waals surface area contributed by atoms with Crippen molar-refractivity contribution in [2.45, 2.75) is 26.1 Å². The zero-order chi connectivity index (χ0) is 21.6. The first-order valence-electron chi connectivity index (χ1n) is 9.66. The topological polar surface area (TPSA) is 111 Å². The molecular weight excluding hydrogens is 408 g/mol. The van der Waals surface area contributed by atoms with Gasteiger partial charge in [-0.2, -0.15) is 8.42 Å². The molecule has 10 heteroatoms. The van der Waals surface area contributed by atoms with Gasteiger partial charge in [0.1, 0.15) is 6.61 Å². The maximum absolute atomic E-state index is 12.5. The van der Waals surface area contributed by atoms with Gasteiger partial charge in [0.2, 0.25) is 5.95 Å². The molecule has 0 radical (unpaired) electrons. The van der Waals surface area contributed by atoms with Gasteiger partial charge in [-0.15, -0.1) is 0 Å². The van der Waals surface area contributed by atoms with E-state index in [1.165, 1.54) is 4.90 Å². The summed E-state index contributed by atoms with van der Waals surface area (Å²) in [6.07, 6.45) is 3.62. The highest BCUT2D eigenvalue weighted by Gasteiger charge is 2.35. The maximum Gasteiger partial charge on any atom is 0.410 e. The molecular formula is C20H26N4O5S. The van der Waals surface area contributed by atoms with E-state index < -0.39 is 22.3 Å². The van der Waals surface area contributed by atoms with E-state index in [1.807, 2.05) is 31.2 Å². The normalized spacial score (nSPS) is 19.3. The average molecular weight is 435 g/mol. The van der Waals surface area contributed by atoms with Crippen molar-refractivity contribution in [1.29, 1.82) is 0 Å². The van der Waals surface area contributed by atoms with E-state index in [0.717, 1.165) is 17.4 Å². The number of ether oxygens (including phenoxy) is 1. The molecule has 0 spiro atoms. The molecule has 3 rings (SSSR count). The Balaban J connectivity index is 1.58. The van der Waals surface area contributed by atoms with Crippen molar-refractivity contribution in [2.75, 3.05) is 31.2 Å². The van der Waals surface area contributed by atoms with Crippen LogP contribution in [0, 0.1) is 12.8 Å². The SMILES string of the molecule is Cc1ccc(COC(=O)N2CC[C@H](CNc3ncccn3)[C@@H](OS(C)(=O)=O)C2)cc1. The lowest BCUT2D eigenvalue weighted by Gasteiger charge is -2.37. The van der Waals surface area contributed by atoms with Gasteiger partial charge >= 0.3 is 6.09 Å². The van der Waals surface area contributed by atoms with Crippen LogP contribution in [-0.4, -0.2) is 61.4 Å². The van der Waals surface area contributed by atoms with Crippen molar-refractivity contribution < 1.29 is 22.1 Å². The minimum absolute atomic E-state index is 0.127. The summed E-state index contributed by atoms with van der Waals surface area (Å²) < 4.78 is 34.1. The summed E-state index contributed by atoms with van der Waals surface area (Å²) >= 11 is 0. The summed E-state index contributed by atoms with van der Waals surface area (Å²) in [6, 6.07) is 9.42. The third kappa shape index (κ3) is 6.67. The molecule has 2 aromatic rings. The summed E-state index contributed by atoms with van der Waals surface area (Å²) in [7, 11) is -3.69. The third-order valence-corrected chi connectivity index (χ3v) is 5.42. The van der Waals surface area contributed by atoms with Gasteiger partial charge in [0.15, 0.2) is 0 Å². The lowest BCUT2D eigenvalue weighted by atomic mass is 9.94. The van der Waals surface area contributed by atoms with Gasteiger partial charge < -0.3 is 15.0 Å². The van der Waals surface area contributed by atoms with Crippen molar-refractivity contribution >= 4 is 22.2 Å². The van der Waals surface area contributed by atoms with Crippen molar-refractivity contribution in [3.05, 3.63) is 53.9 Å². The van der Waals surface area contributed by atoms with Crippen LogP contribution < -0.4 is 5.32 Å². The molecule has 1 aromatic carbocycles. The standard InChI is InChI=1S/C20H26N4O5S/c1-15-4-6-16(7-5-15)14-28-20(25)24-11-8-17(18(13-24)29-30(2,26)27)12-23-19-21-9-3-10-22-19/h3-7,9-10,17-18H,8,11-14H2,1-2H3,(H,21,22,23)/t17-,18+/m1/s1. The number of benzene rings is 1. The van der Waals surface area contributed by atoms with E-state index in [-0.39, 0.29) is 19.1 Å². The smallest absolute Gasteiger partial charge is 0.410 e. The molecule has 1 N–H and O–H groups in total. The summed E-state index contributed by atoms with van der Waals surface area (Å²) in [5.74, 6) is 0.320. The van der Waals surface area contributed by atoms with Gasteiger partial charge in [-0.3, -0.25) is 4.18 Å². The second kappa shape index (κ2) is 9.86. The van der Waals surface area contributed by atoms with Crippen LogP contribution in [0.15, 0.2) is 42.7 Å². The summed E-state index contributed by atoms with van der Waals surface area (Å²) in [4.78, 5) is 22.2. The number of hydrogen-bond acceptors (Lipinski definition) is 8. The molecule has 0 saturated carbocycles. The predicted octanol–water partition coefficient (Wildman–Crippen LogP) is 2.20. The fourth-order valence-electron chi connectivity index (χ4n) is 3.23. The highest BCUT2D eigenvalue weighted by Crippen LogP contribution is 2.23. The van der Waals surface area contributed by atoms with E-state index in [4.69, 9.17) is 8.92 Å². The van der Waals surface area contributed by atoms with Crippen LogP contribution in [0.1, 0.15) is 17.5 Å². The summed E-state index contributed by atoms with van der Waals surface area (Å²) in [5.41, 5.74) is 2.02. The second-order valence-corrected chi connectivity index (χ2v) is 8.93. The zero-order valence-corrected chi connectivity index (χ0v) is 17.8. The fraction of sp³-hybridized carbons (Fsp3) is 0.450. The highest BCUT2D eigenvalue weighted by atomic mass is 32.2. The molecule has 0 unspecified atom stereocenters. The molecule has 2 heterocycles. The Kier molecular flexibility index (Phi) is 7.22. The van der Waals surface area contributed by atoms with Gasteiger partial charge in [0, 0.05) is 31.4 Å². The quantitative estimate of drug-likeness (QED) is 0.661. The summed E-state index contributed by atoms with van der Waals surface area (Å²) in [5, 5.41) is 3.09. The monoisotopic (exact) mass is 434 g/mol. The van der Waals surface area contributed by atoms with E-state index in [2.05, 4.69) is 15.3 Å². The molecule has 1 aliphatic heterocycles. The van der Waals surface area contributed by atoms with E-state index in [0.29, 0.717) is 25.5 Å². The molecule has 30 heavy (non-hydrogen) atoms. The van der Waals surface area contributed by atoms with Crippen molar-refractivity contribution in [3.63, 3.8) is 0 Å². The number of nitrogens with zero attached hydrogens (tertiary/aromatic N) is 3. The number of aryl methyl sites for hydroxylation is 1. The number of aromatic nitrogens is 2. The molecule has 2 atom stereocenters. The van der Waals surface area contributed by atoms with E-state index >= 15 is 0 Å². The number of likely N-dealkylation sites (tertiary alicyclic amines) is 1. The van der Waals surface area contributed by atoms with Crippen molar-refractivity contribution in [2.24, 2.45) is 5.92 Å². The molecule has 1 aromatic heterocycles. The van der Waals surface area contributed by atoms with Crippen LogP contribution in [-0.2, 0) is 25.6 Å². The van der Waals surface area contributed by atoms with Crippen LogP contribution in [0.4, 0.5) is 10.7 Å². The van der Waals surface area contributed by atoms with Gasteiger partial charge in [-0.05, 0) is 25.0 Å². The van der Waals surface area contributed by atoms with Gasteiger partial charge in [-0.1, -0.05) is 29.8 Å². The molecule has 1 saturated heterocycles. The van der Waals surface area contributed by atoms with Crippen LogP contribution in [0.3, 0.4) is 0 Å². The Labute approximate surface area is 176 Å². The Morgan fingerprint density at radius 3 is 2.60 bits per heavy atom. The second-order valence-electron chi connectivity index (χ2n) is 7.33. The Morgan fingerprint density at radius 2 is 1.93 bits per heavy atom. The number of hydrogen-bond donors (Lipinski definition) is 1. The number of piperidine rings is 1. The number of amides is 1. The largest absolute Gasteiger partial charge is 0.445 e. The van der Waals surface area contributed by atoms with Crippen molar-refractivity contribution in [1.82, 2.24) is 14.9 Å². The third-order valence-electron chi connectivity index (χ3n) is 4.82. The van der Waals surface area contributed by atoms with E-state index in [1.54, 1.807) is 18.5 Å². The Morgan fingerprint density at radius 1 is 1.23 bits per heavy atom. The minimum Gasteiger partial charge on any atom is -0.445 e. The average Bonchev–Trinajstić information content (AvgIpc) is 2.72.